The van der Waals surface area contributed by atoms with E-state index in [0.29, 0.717) is 26.9 Å². The van der Waals surface area contributed by atoms with E-state index in [1.54, 1.807) is 6.92 Å². The molecular formula is C23H23ClN2O6S2. The SMILES string of the molecule is CCOC(=O)c1c(NC(=O)COC(=O)CNC(=O)c2sc3ccccc3c2Cl)sc(C)c1CC. The summed E-state index contributed by atoms with van der Waals surface area (Å²) < 4.78 is 10.9. The summed E-state index contributed by atoms with van der Waals surface area (Å²) in [5.41, 5.74) is 1.12. The van der Waals surface area contributed by atoms with E-state index in [-0.39, 0.29) is 6.61 Å². The second kappa shape index (κ2) is 11.5. The minimum Gasteiger partial charge on any atom is -0.462 e. The lowest BCUT2D eigenvalue weighted by Gasteiger charge is -2.09. The number of fused-ring (bicyclic) bond motifs is 1. The molecule has 0 unspecified atom stereocenters. The van der Waals surface area contributed by atoms with Crippen molar-refractivity contribution in [3.05, 3.63) is 50.2 Å². The smallest absolute Gasteiger partial charge is 0.341 e. The molecule has 2 N–H and O–H groups in total. The van der Waals surface area contributed by atoms with Crippen LogP contribution in [0.2, 0.25) is 5.02 Å². The summed E-state index contributed by atoms with van der Waals surface area (Å²) in [5, 5.41) is 6.49. The van der Waals surface area contributed by atoms with Crippen LogP contribution in [0.15, 0.2) is 24.3 Å². The van der Waals surface area contributed by atoms with Crippen LogP contribution in [0.25, 0.3) is 10.1 Å². The average molecular weight is 523 g/mol. The molecule has 8 nitrogen and oxygen atoms in total. The number of hydrogen-bond acceptors (Lipinski definition) is 8. The van der Waals surface area contributed by atoms with Crippen molar-refractivity contribution in [3.63, 3.8) is 0 Å². The lowest BCUT2D eigenvalue weighted by molar-refractivity contribution is -0.146. The molecule has 0 fully saturated rings. The van der Waals surface area contributed by atoms with Crippen molar-refractivity contribution < 1.29 is 28.7 Å². The Labute approximate surface area is 209 Å². The fourth-order valence-corrected chi connectivity index (χ4v) is 5.85. The average Bonchev–Trinajstić information content (AvgIpc) is 3.32. The molecule has 3 aromatic rings. The van der Waals surface area contributed by atoms with Crippen molar-refractivity contribution in [1.82, 2.24) is 5.32 Å². The van der Waals surface area contributed by atoms with Gasteiger partial charge in [-0.15, -0.1) is 22.7 Å². The zero-order chi connectivity index (χ0) is 24.8. The molecule has 1 aromatic carbocycles. The first-order valence-corrected chi connectivity index (χ1v) is 12.5. The third-order valence-electron chi connectivity index (χ3n) is 4.79. The highest BCUT2D eigenvalue weighted by Gasteiger charge is 2.24. The van der Waals surface area contributed by atoms with Gasteiger partial charge in [-0.2, -0.15) is 0 Å². The topological polar surface area (TPSA) is 111 Å². The highest BCUT2D eigenvalue weighted by molar-refractivity contribution is 7.21. The molecule has 0 atom stereocenters. The van der Waals surface area contributed by atoms with E-state index in [0.717, 1.165) is 20.5 Å². The Morgan fingerprint density at radius 1 is 1.06 bits per heavy atom. The highest BCUT2D eigenvalue weighted by Crippen LogP contribution is 2.35. The Hall–Kier alpha value is -2.95. The fraction of sp³-hybridized carbons (Fsp3) is 0.304. The number of halogens is 1. The van der Waals surface area contributed by atoms with Gasteiger partial charge in [0.25, 0.3) is 11.8 Å². The van der Waals surface area contributed by atoms with Crippen molar-refractivity contribution in [3.8, 4) is 0 Å². The Morgan fingerprint density at radius 2 is 1.79 bits per heavy atom. The number of amides is 2. The molecule has 3 rings (SSSR count). The van der Waals surface area contributed by atoms with Gasteiger partial charge >= 0.3 is 11.9 Å². The van der Waals surface area contributed by atoms with Crippen LogP contribution >= 0.6 is 34.3 Å². The summed E-state index contributed by atoms with van der Waals surface area (Å²) in [6.45, 7) is 4.68. The molecule has 0 aliphatic heterocycles. The number of nitrogens with one attached hydrogen (secondary N) is 2. The molecule has 34 heavy (non-hydrogen) atoms. The summed E-state index contributed by atoms with van der Waals surface area (Å²) in [5.74, 6) is -2.42. The molecule has 0 bridgehead atoms. The third-order valence-corrected chi connectivity index (χ3v) is 7.53. The zero-order valence-corrected chi connectivity index (χ0v) is 21.2. The summed E-state index contributed by atoms with van der Waals surface area (Å²) >= 11 is 8.75. The Kier molecular flexibility index (Phi) is 8.65. The van der Waals surface area contributed by atoms with E-state index in [9.17, 15) is 19.2 Å². The maximum Gasteiger partial charge on any atom is 0.341 e. The van der Waals surface area contributed by atoms with E-state index in [1.807, 2.05) is 38.1 Å². The number of thiophene rings is 2. The number of benzene rings is 1. The first-order valence-electron chi connectivity index (χ1n) is 10.5. The maximum atomic E-state index is 12.4. The van der Waals surface area contributed by atoms with Gasteiger partial charge in [0, 0.05) is 15.0 Å². The van der Waals surface area contributed by atoms with Crippen LogP contribution in [0, 0.1) is 6.92 Å². The molecule has 0 saturated heterocycles. The lowest BCUT2D eigenvalue weighted by atomic mass is 10.1. The van der Waals surface area contributed by atoms with Gasteiger partial charge in [0.05, 0.1) is 17.2 Å². The van der Waals surface area contributed by atoms with E-state index in [4.69, 9.17) is 21.1 Å². The summed E-state index contributed by atoms with van der Waals surface area (Å²) in [6, 6.07) is 7.32. The van der Waals surface area contributed by atoms with E-state index >= 15 is 0 Å². The second-order valence-corrected chi connectivity index (χ2v) is 9.70. The van der Waals surface area contributed by atoms with Gasteiger partial charge in [0.15, 0.2) is 6.61 Å². The molecule has 0 radical (unpaired) electrons. The number of esters is 2. The summed E-state index contributed by atoms with van der Waals surface area (Å²) in [6.07, 6.45) is 0.602. The van der Waals surface area contributed by atoms with Crippen molar-refractivity contribution >= 4 is 73.1 Å². The Bertz CT molecular complexity index is 1250. The van der Waals surface area contributed by atoms with Crippen LogP contribution in [0.1, 0.15) is 44.3 Å². The molecule has 180 valence electrons. The molecule has 0 aliphatic rings. The third kappa shape index (κ3) is 5.75. The molecule has 0 spiro atoms. The summed E-state index contributed by atoms with van der Waals surface area (Å²) in [7, 11) is 0. The number of rotatable bonds is 9. The van der Waals surface area contributed by atoms with E-state index in [1.165, 1.54) is 22.7 Å². The first kappa shape index (κ1) is 25.7. The van der Waals surface area contributed by atoms with Crippen LogP contribution < -0.4 is 10.6 Å². The Morgan fingerprint density at radius 3 is 2.47 bits per heavy atom. The van der Waals surface area contributed by atoms with Crippen LogP contribution in [0.5, 0.6) is 0 Å². The van der Waals surface area contributed by atoms with Gasteiger partial charge in [-0.25, -0.2) is 4.79 Å². The molecule has 0 aliphatic carbocycles. The molecular weight excluding hydrogens is 500 g/mol. The normalized spacial score (nSPS) is 10.7. The standard InChI is InChI=1S/C23H23ClN2O6S2/c1-4-13-12(3)33-22(18(13)23(30)31-5-2)26-16(27)11-32-17(28)10-25-21(29)20-19(24)14-8-6-7-9-15(14)34-20/h6-9H,4-5,10-11H2,1-3H3,(H,25,29)(H,26,27). The molecule has 2 amide bonds. The van der Waals surface area contributed by atoms with Gasteiger partial charge in [-0.3, -0.25) is 14.4 Å². The minimum atomic E-state index is -0.789. The predicted octanol–water partition coefficient (Wildman–Crippen LogP) is 4.58. The van der Waals surface area contributed by atoms with Gasteiger partial charge in [-0.05, 0) is 31.9 Å². The molecule has 2 aromatic heterocycles. The number of carbonyl (C=O) groups excluding carboxylic acids is 4. The fourth-order valence-electron chi connectivity index (χ4n) is 3.26. The number of anilines is 1. The second-order valence-electron chi connectivity index (χ2n) is 7.05. The van der Waals surface area contributed by atoms with Crippen molar-refractivity contribution in [2.24, 2.45) is 0 Å². The number of hydrogen-bond donors (Lipinski definition) is 2. The van der Waals surface area contributed by atoms with Crippen LogP contribution in [0.4, 0.5) is 5.00 Å². The molecule has 11 heteroatoms. The van der Waals surface area contributed by atoms with Gasteiger partial charge in [0.2, 0.25) is 0 Å². The van der Waals surface area contributed by atoms with E-state index in [2.05, 4.69) is 10.6 Å². The van der Waals surface area contributed by atoms with Gasteiger partial charge < -0.3 is 20.1 Å². The maximum absolute atomic E-state index is 12.4. The number of aryl methyl sites for hydroxylation is 1. The van der Waals surface area contributed by atoms with Crippen LogP contribution in [-0.2, 0) is 25.5 Å². The van der Waals surface area contributed by atoms with Crippen molar-refractivity contribution in [2.75, 3.05) is 25.1 Å². The minimum absolute atomic E-state index is 0.209. The Balaban J connectivity index is 1.54. The number of carbonyl (C=O) groups is 4. The number of ether oxygens (including phenoxy) is 2. The van der Waals surface area contributed by atoms with Gasteiger partial charge in [0.1, 0.15) is 16.4 Å². The van der Waals surface area contributed by atoms with Gasteiger partial charge in [-0.1, -0.05) is 36.7 Å². The zero-order valence-electron chi connectivity index (χ0n) is 18.8. The quantitative estimate of drug-likeness (QED) is 0.398. The van der Waals surface area contributed by atoms with E-state index < -0.39 is 36.9 Å². The molecule has 2 heterocycles. The van der Waals surface area contributed by atoms with Crippen LogP contribution in [-0.4, -0.2) is 43.5 Å². The largest absolute Gasteiger partial charge is 0.462 e. The van der Waals surface area contributed by atoms with Crippen molar-refractivity contribution in [1.29, 1.82) is 0 Å². The monoisotopic (exact) mass is 522 g/mol. The first-order chi connectivity index (χ1) is 16.3. The van der Waals surface area contributed by atoms with Crippen LogP contribution in [0.3, 0.4) is 0 Å². The predicted molar refractivity (Wildman–Crippen MR) is 133 cm³/mol. The molecule has 0 saturated carbocycles. The highest BCUT2D eigenvalue weighted by atomic mass is 35.5. The lowest BCUT2D eigenvalue weighted by Crippen LogP contribution is -2.32. The van der Waals surface area contributed by atoms with Crippen molar-refractivity contribution in [2.45, 2.75) is 27.2 Å². The summed E-state index contributed by atoms with van der Waals surface area (Å²) in [4.78, 5) is 50.3.